The molecule has 0 bridgehead atoms. The summed E-state index contributed by atoms with van der Waals surface area (Å²) in [6.45, 7) is 10.5. The molecule has 1 aliphatic rings. The number of allylic oxidation sites excluding steroid dienone is 1. The molecule has 1 aromatic carbocycles. The molecule has 1 heterocycles. The average Bonchev–Trinajstić information content (AvgIpc) is 2.70. The molecule has 0 unspecified atom stereocenters. The van der Waals surface area contributed by atoms with Crippen LogP contribution in [0.3, 0.4) is 0 Å². The fraction of sp³-hybridized carbons (Fsp3) is 0.609. The Labute approximate surface area is 200 Å². The minimum Gasteiger partial charge on any atom is -0.693 e. The molecule has 1 aromatic rings. The van der Waals surface area contributed by atoms with Gasteiger partial charge in [0.1, 0.15) is 11.9 Å². The summed E-state index contributed by atoms with van der Waals surface area (Å²) in [5.41, 5.74) is 2.03. The Balaban J connectivity index is 0. The van der Waals surface area contributed by atoms with E-state index in [4.69, 9.17) is 4.74 Å². The Morgan fingerprint density at radius 2 is 1.69 bits per heavy atom. The number of hydrogen-bond donors (Lipinski definition) is 1. The second-order valence-electron chi connectivity index (χ2n) is 7.09. The molecule has 0 aromatic heterocycles. The van der Waals surface area contributed by atoms with E-state index >= 15 is 0 Å². The zero-order valence-electron chi connectivity index (χ0n) is 19.9. The van der Waals surface area contributed by atoms with E-state index < -0.39 is 0 Å². The first-order valence-corrected chi connectivity index (χ1v) is 10.3. The van der Waals surface area contributed by atoms with Crippen molar-refractivity contribution in [3.8, 4) is 5.75 Å². The molecule has 1 amide bonds. The van der Waals surface area contributed by atoms with Crippen LogP contribution >= 0.6 is 0 Å². The molecule has 160 valence electrons. The number of benzene rings is 1. The first-order valence-electron chi connectivity index (χ1n) is 10.3. The normalized spacial score (nSPS) is 13.6. The van der Waals surface area contributed by atoms with Crippen molar-refractivity contribution in [2.75, 3.05) is 34.2 Å². The summed E-state index contributed by atoms with van der Waals surface area (Å²) in [6, 6.07) is 7.38. The molecule has 1 aliphatic heterocycles. The molecular weight excluding hydrogens is 373 g/mol. The maximum Gasteiger partial charge on any atom is 1.00 e. The smallest absolute Gasteiger partial charge is 0.693 e. The van der Waals surface area contributed by atoms with Crippen molar-refractivity contribution < 1.29 is 39.1 Å². The molecular formula is C23H40N3NaO2. The first-order chi connectivity index (χ1) is 13.4. The molecule has 0 radical (unpaired) electrons. The van der Waals surface area contributed by atoms with Gasteiger partial charge in [-0.2, -0.15) is 6.20 Å². The number of carbonyl (C=O) groups is 1. The van der Waals surface area contributed by atoms with Gasteiger partial charge < -0.3 is 20.3 Å². The average molecular weight is 414 g/mol. The Kier molecular flexibility index (Phi) is 19.8. The monoisotopic (exact) mass is 413 g/mol. The van der Waals surface area contributed by atoms with Gasteiger partial charge in [0.2, 0.25) is 0 Å². The Morgan fingerprint density at radius 1 is 1.17 bits per heavy atom. The van der Waals surface area contributed by atoms with E-state index in [2.05, 4.69) is 38.3 Å². The molecule has 1 saturated heterocycles. The molecule has 29 heavy (non-hydrogen) atoms. The van der Waals surface area contributed by atoms with Crippen molar-refractivity contribution in [1.82, 2.24) is 10.2 Å². The van der Waals surface area contributed by atoms with Gasteiger partial charge in [0, 0.05) is 19.7 Å². The molecule has 0 spiro atoms. The third-order valence-corrected chi connectivity index (χ3v) is 4.00. The van der Waals surface area contributed by atoms with Crippen LogP contribution in [-0.4, -0.2) is 51.1 Å². The van der Waals surface area contributed by atoms with E-state index in [9.17, 15) is 4.79 Å². The second-order valence-corrected chi connectivity index (χ2v) is 7.09. The largest absolute Gasteiger partial charge is 1.00 e. The molecule has 2 rings (SSSR count). The second kappa shape index (κ2) is 19.0. The first kappa shape index (κ1) is 30.2. The van der Waals surface area contributed by atoms with Gasteiger partial charge in [-0.1, -0.05) is 32.8 Å². The molecule has 0 saturated carbocycles. The summed E-state index contributed by atoms with van der Waals surface area (Å²) in [5.74, 6) is 0.862. The van der Waals surface area contributed by atoms with Crippen LogP contribution in [0.15, 0.2) is 36.0 Å². The molecule has 1 fully saturated rings. The maximum atomic E-state index is 11.7. The standard InChI is InChI=1S/C14H20N2O2.C6H12N.C3H8.Na/c1-16(2)14(17)11-3-5-12(6-4-11)18-13-7-9-15-10-8-13;1-4-6(2)5-7-3;1-3-2;/h3-6,13,15H,7-10H2,1-2H3;5H,4H2,1-3H3;3H2,1-2H3;/q;-1;;+1/b;6-5+;;. The summed E-state index contributed by atoms with van der Waals surface area (Å²) < 4.78 is 5.89. The van der Waals surface area contributed by atoms with Crippen molar-refractivity contribution in [2.45, 2.75) is 59.5 Å². The number of piperidine rings is 1. The summed E-state index contributed by atoms with van der Waals surface area (Å²) in [7, 11) is 5.29. The molecule has 6 heteroatoms. The van der Waals surface area contributed by atoms with Gasteiger partial charge in [-0.15, -0.1) is 7.05 Å². The van der Waals surface area contributed by atoms with Crippen LogP contribution in [0, 0.1) is 0 Å². The van der Waals surface area contributed by atoms with Crippen LogP contribution in [0.25, 0.3) is 5.32 Å². The van der Waals surface area contributed by atoms with E-state index in [0.29, 0.717) is 11.7 Å². The van der Waals surface area contributed by atoms with Gasteiger partial charge in [-0.25, -0.2) is 0 Å². The Morgan fingerprint density at radius 3 is 2.07 bits per heavy atom. The fourth-order valence-corrected chi connectivity index (χ4v) is 2.35. The van der Waals surface area contributed by atoms with E-state index in [1.807, 2.05) is 30.5 Å². The van der Waals surface area contributed by atoms with Crippen molar-refractivity contribution >= 4 is 5.91 Å². The third-order valence-electron chi connectivity index (χ3n) is 4.00. The predicted octanol–water partition coefficient (Wildman–Crippen LogP) is 2.24. The Bertz CT molecular complexity index is 554. The summed E-state index contributed by atoms with van der Waals surface area (Å²) in [4.78, 5) is 13.3. The van der Waals surface area contributed by atoms with Gasteiger partial charge in [0.25, 0.3) is 5.91 Å². The Hall–Kier alpha value is -1.01. The van der Waals surface area contributed by atoms with Crippen molar-refractivity contribution in [1.29, 1.82) is 0 Å². The van der Waals surface area contributed by atoms with Crippen molar-refractivity contribution in [3.63, 3.8) is 0 Å². The van der Waals surface area contributed by atoms with Gasteiger partial charge in [0.15, 0.2) is 0 Å². The van der Waals surface area contributed by atoms with Crippen LogP contribution in [-0.2, 0) is 0 Å². The third kappa shape index (κ3) is 14.6. The van der Waals surface area contributed by atoms with E-state index in [1.54, 1.807) is 26.0 Å². The van der Waals surface area contributed by atoms with Crippen LogP contribution in [0.5, 0.6) is 5.75 Å². The predicted molar refractivity (Wildman–Crippen MR) is 120 cm³/mol. The number of nitrogens with one attached hydrogen (secondary N) is 1. The minimum absolute atomic E-state index is 0. The fourth-order valence-electron chi connectivity index (χ4n) is 2.35. The van der Waals surface area contributed by atoms with Crippen molar-refractivity contribution in [3.05, 3.63) is 46.9 Å². The van der Waals surface area contributed by atoms with E-state index in [-0.39, 0.29) is 35.5 Å². The molecule has 1 N–H and O–H groups in total. The van der Waals surface area contributed by atoms with Gasteiger partial charge >= 0.3 is 29.6 Å². The van der Waals surface area contributed by atoms with E-state index in [0.717, 1.165) is 38.1 Å². The maximum absolute atomic E-state index is 11.7. The summed E-state index contributed by atoms with van der Waals surface area (Å²) in [5, 5.41) is 7.15. The zero-order chi connectivity index (χ0) is 21.4. The van der Waals surface area contributed by atoms with Crippen LogP contribution in [0.4, 0.5) is 0 Å². The minimum atomic E-state index is 0. The van der Waals surface area contributed by atoms with Gasteiger partial charge in [-0.05, 0) is 63.5 Å². The van der Waals surface area contributed by atoms with Crippen LogP contribution < -0.4 is 39.6 Å². The summed E-state index contributed by atoms with van der Waals surface area (Å²) >= 11 is 0. The molecule has 0 atom stereocenters. The number of amides is 1. The number of nitrogens with zero attached hydrogens (tertiary/aromatic N) is 2. The zero-order valence-corrected chi connectivity index (χ0v) is 21.9. The van der Waals surface area contributed by atoms with E-state index in [1.165, 1.54) is 12.0 Å². The number of rotatable bonds is 5. The number of ether oxygens (including phenoxy) is 1. The topological polar surface area (TPSA) is 55.7 Å². The number of hydrogen-bond acceptors (Lipinski definition) is 3. The van der Waals surface area contributed by atoms with Crippen LogP contribution in [0.2, 0.25) is 0 Å². The van der Waals surface area contributed by atoms with Crippen LogP contribution in [0.1, 0.15) is 63.7 Å². The summed E-state index contributed by atoms with van der Waals surface area (Å²) in [6.07, 6.45) is 6.62. The van der Waals surface area contributed by atoms with Gasteiger partial charge in [-0.3, -0.25) is 4.79 Å². The number of carbonyl (C=O) groups excluding carboxylic acids is 1. The molecule has 0 aliphatic carbocycles. The van der Waals surface area contributed by atoms with Crippen molar-refractivity contribution in [2.24, 2.45) is 0 Å². The molecule has 5 nitrogen and oxygen atoms in total. The quantitative estimate of drug-likeness (QED) is 0.754. The SMILES string of the molecule is CC/C(C)=C/[N-]C.CCC.CN(C)C(=O)c1ccc(OC2CCNCC2)cc1.[Na+]. The van der Waals surface area contributed by atoms with Gasteiger partial charge in [0.05, 0.1) is 0 Å².